The average Bonchev–Trinajstić information content (AvgIpc) is 3.96. The molecule has 0 aromatic carbocycles. The second kappa shape index (κ2) is 23.7. The molecule has 0 aliphatic heterocycles. The Bertz CT molecular complexity index is 2750. The van der Waals surface area contributed by atoms with Crippen LogP contribution in [0.1, 0.15) is 0 Å². The van der Waals surface area contributed by atoms with Crippen molar-refractivity contribution in [3.63, 3.8) is 0 Å². The van der Waals surface area contributed by atoms with Crippen molar-refractivity contribution in [2.75, 3.05) is 5.73 Å². The van der Waals surface area contributed by atoms with Crippen LogP contribution in [0, 0.1) is 26.4 Å². The van der Waals surface area contributed by atoms with E-state index in [-0.39, 0.29) is 74.1 Å². The van der Waals surface area contributed by atoms with E-state index < -0.39 is 20.6 Å². The number of fused-ring (bicyclic) bond motifs is 3. The Kier molecular flexibility index (Phi) is 20.6. The van der Waals surface area contributed by atoms with Gasteiger partial charge in [-0.2, -0.15) is 15.3 Å². The van der Waals surface area contributed by atoms with E-state index >= 15 is 0 Å². The Morgan fingerprint density at radius 1 is 0.845 bits per heavy atom. The summed E-state index contributed by atoms with van der Waals surface area (Å²) in [5.41, 5.74) is 4.91. The van der Waals surface area contributed by atoms with E-state index in [4.69, 9.17) is 17.3 Å². The summed E-state index contributed by atoms with van der Waals surface area (Å²) in [6, 6.07) is 9.34. The number of nitrogen functional groups attached to an aromatic ring is 1. The summed E-state index contributed by atoms with van der Waals surface area (Å²) in [6.07, 6.45) is 14.4. The van der Waals surface area contributed by atoms with Crippen LogP contribution in [0.5, 0.6) is 0 Å². The Morgan fingerprint density at radius 2 is 1.47 bits per heavy atom. The number of anilines is 1. The quantitative estimate of drug-likeness (QED) is 0.0530. The van der Waals surface area contributed by atoms with E-state index in [1.165, 1.54) is 57.4 Å². The van der Waals surface area contributed by atoms with Gasteiger partial charge in [0.2, 0.25) is 11.3 Å². The molecule has 8 aromatic rings. The first kappa shape index (κ1) is 50.5. The van der Waals surface area contributed by atoms with Crippen LogP contribution in [-0.2, 0) is 18.7 Å². The van der Waals surface area contributed by atoms with Gasteiger partial charge in [-0.05, 0) is 45.9 Å². The van der Waals surface area contributed by atoms with Crippen molar-refractivity contribution in [3.8, 4) is 0 Å². The molecule has 25 nitrogen and oxygen atoms in total. The number of nitro groups is 2. The molecule has 8 heterocycles. The number of aromatic nitrogens is 13. The summed E-state index contributed by atoms with van der Waals surface area (Å²) < 4.78 is 16.1. The first-order valence-corrected chi connectivity index (χ1v) is 19.3. The molecule has 0 saturated carbocycles. The maximum Gasteiger partial charge on any atom is 1.00 e. The largest absolute Gasteiger partial charge is 1.00 e. The van der Waals surface area contributed by atoms with Gasteiger partial charge in [0.25, 0.3) is 11.1 Å². The molecule has 58 heavy (non-hydrogen) atoms. The van der Waals surface area contributed by atoms with Crippen molar-refractivity contribution < 1.29 is 49.4 Å². The SMILES string of the molecule is Cn1ccc(=O)n(C)c1=O.Nc1ccn[nH]1.O=P(Cl)(Cl)Cl.O=[N+]([O-])c1cnn2ccc(Cl)nc12.O=c1ccn2ncc([N+](=O)[O-])c2[nH]1.[Na+].[OH-].[c-]1ccn2nccc2n1. The van der Waals surface area contributed by atoms with Crippen molar-refractivity contribution in [2.24, 2.45) is 14.1 Å². The second-order valence-corrected chi connectivity index (χ2v) is 16.9. The van der Waals surface area contributed by atoms with E-state index in [0.717, 1.165) is 22.6 Å². The Morgan fingerprint density at radius 3 is 2.02 bits per heavy atom. The first-order valence-electron chi connectivity index (χ1n) is 14.5. The van der Waals surface area contributed by atoms with Crippen molar-refractivity contribution in [3.05, 3.63) is 149 Å². The van der Waals surface area contributed by atoms with Crippen molar-refractivity contribution in [1.29, 1.82) is 0 Å². The third kappa shape index (κ3) is 16.2. The number of halogens is 4. The fourth-order valence-corrected chi connectivity index (χ4v) is 3.78. The van der Waals surface area contributed by atoms with Gasteiger partial charge < -0.3 is 30.3 Å². The third-order valence-corrected chi connectivity index (χ3v) is 6.31. The van der Waals surface area contributed by atoms with Crippen LogP contribution in [0.2, 0.25) is 5.15 Å². The van der Waals surface area contributed by atoms with E-state index in [2.05, 4.69) is 80.4 Å². The Hall–Kier alpha value is -5.50. The minimum Gasteiger partial charge on any atom is -0.870 e. The molecule has 0 fully saturated rings. The number of nitrogens with two attached hydrogens (primary N) is 1. The van der Waals surface area contributed by atoms with Crippen LogP contribution in [-0.4, -0.2) is 78.4 Å². The molecule has 0 aliphatic carbocycles. The number of hydrogen-bond donors (Lipinski definition) is 3. The maximum atomic E-state index is 10.9. The number of H-pyrrole nitrogens is 2. The van der Waals surface area contributed by atoms with Gasteiger partial charge in [0.15, 0.2) is 0 Å². The summed E-state index contributed by atoms with van der Waals surface area (Å²) in [4.78, 5) is 62.2. The van der Waals surface area contributed by atoms with Gasteiger partial charge in [-0.25, -0.2) is 23.9 Å². The van der Waals surface area contributed by atoms with Crippen LogP contribution in [0.4, 0.5) is 17.2 Å². The molecule has 0 unspecified atom stereocenters. The topological polar surface area (TPSA) is 343 Å². The number of aryl methyl sites for hydroxylation is 1. The van der Waals surface area contributed by atoms with Crippen molar-refractivity contribution in [2.45, 2.75) is 0 Å². The van der Waals surface area contributed by atoms with Gasteiger partial charge in [-0.15, -0.1) is 6.07 Å². The van der Waals surface area contributed by atoms with Crippen molar-refractivity contribution in [1.82, 2.24) is 63.1 Å². The number of hydrogen-bond acceptors (Lipinski definition) is 16. The summed E-state index contributed by atoms with van der Waals surface area (Å²) in [6.45, 7) is 0. The number of rotatable bonds is 2. The molecular formula is C27H25Cl4N16NaO9P-. The zero-order chi connectivity index (χ0) is 41.6. The van der Waals surface area contributed by atoms with Crippen LogP contribution in [0.15, 0.2) is 100 Å². The molecule has 8 aromatic heterocycles. The maximum absolute atomic E-state index is 10.9. The van der Waals surface area contributed by atoms with Gasteiger partial charge in [-0.3, -0.25) is 44.0 Å². The Labute approximate surface area is 363 Å². The van der Waals surface area contributed by atoms with Gasteiger partial charge in [0, 0.05) is 56.7 Å². The predicted molar refractivity (Wildman–Crippen MR) is 206 cm³/mol. The summed E-state index contributed by atoms with van der Waals surface area (Å²) in [7, 11) is 3.05. The first-order chi connectivity index (χ1) is 26.3. The molecular weight excluding hydrogens is 888 g/mol. The fraction of sp³-hybridized carbons (Fsp3) is 0.0741. The number of nitrogens with zero attached hydrogens (tertiary/aromatic N) is 13. The molecule has 0 aliphatic rings. The van der Waals surface area contributed by atoms with Crippen molar-refractivity contribution >= 4 is 84.7 Å². The summed E-state index contributed by atoms with van der Waals surface area (Å²) in [5.74, 6) is 0.606. The average molecular weight is 913 g/mol. The van der Waals surface area contributed by atoms with Crippen LogP contribution in [0.3, 0.4) is 0 Å². The molecule has 0 spiro atoms. The van der Waals surface area contributed by atoms with Gasteiger partial charge >= 0.3 is 51.8 Å². The van der Waals surface area contributed by atoms with Gasteiger partial charge in [0.05, 0.1) is 16.0 Å². The monoisotopic (exact) mass is 911 g/mol. The molecule has 0 atom stereocenters. The van der Waals surface area contributed by atoms with Crippen LogP contribution >= 0.6 is 50.5 Å². The molecule has 31 heteroatoms. The van der Waals surface area contributed by atoms with E-state index in [1.807, 2.05) is 12.3 Å². The van der Waals surface area contributed by atoms with Gasteiger partial charge in [-0.1, -0.05) is 30.1 Å². The molecule has 5 N–H and O–H groups in total. The predicted octanol–water partition coefficient (Wildman–Crippen LogP) is 0.465. The number of aromatic amines is 2. The molecule has 302 valence electrons. The van der Waals surface area contributed by atoms with Crippen LogP contribution in [0.25, 0.3) is 16.9 Å². The molecule has 0 radical (unpaired) electrons. The standard InChI is InChI=1S/C6H3ClN4O2.C6H4N4O3.C6H4N3.C6H8N2O2.C3H5N3.Cl3OP.Na.H2O/c7-5-1-2-10-6(9-5)4(3-8-10)11(12)13;11-5-1-2-9-6(8-5)4(3-7-9)10(12)13;1-3-7-6-2-4-8-9(6)5-1;1-7-4-3-5(9)8(2)6(7)10;4-3-1-2-5-6-3;1-5(2,3)4;;/h1-3H;1-3H,(H,8,11);1-2,4-5H;3-4H,1-2H3;1-2H,(H3,4,5,6);;;1H2/q;;-1;;;;+1;/p-1. The van der Waals surface area contributed by atoms with Gasteiger partial charge in [0.1, 0.15) is 23.4 Å². The fourth-order valence-electron chi connectivity index (χ4n) is 3.65. The third-order valence-electron chi connectivity index (χ3n) is 6.10. The number of nitrogens with one attached hydrogen (secondary N) is 2. The zero-order valence-corrected chi connectivity index (χ0v) is 35.6. The zero-order valence-electron chi connectivity index (χ0n) is 29.6. The molecule has 0 amide bonds. The summed E-state index contributed by atoms with van der Waals surface area (Å²) >= 11 is 19.4. The van der Waals surface area contributed by atoms with E-state index in [1.54, 1.807) is 36.1 Å². The normalized spacial score (nSPS) is 9.90. The van der Waals surface area contributed by atoms with Crippen LogP contribution < -0.4 is 52.1 Å². The van der Waals surface area contributed by atoms with E-state index in [9.17, 15) is 39.2 Å². The molecule has 0 saturated heterocycles. The second-order valence-electron chi connectivity index (χ2n) is 9.90. The minimum atomic E-state index is -3.22. The van der Waals surface area contributed by atoms with E-state index in [0.29, 0.717) is 5.82 Å². The minimum absolute atomic E-state index is 0. The molecule has 8 rings (SSSR count). The summed E-state index contributed by atoms with van der Waals surface area (Å²) in [5, 5.41) is 35.3. The Balaban J connectivity index is 0.000000355. The smallest absolute Gasteiger partial charge is 0.870 e. The molecule has 0 bridgehead atoms.